The predicted molar refractivity (Wildman–Crippen MR) is 52.9 cm³/mol. The topological polar surface area (TPSA) is 63.0 Å². The molecular weight excluding hydrogens is 286 g/mol. The third-order valence-corrected chi connectivity index (χ3v) is 2.31. The fraction of sp³-hybridized carbons (Fsp3) is 0.222. The number of rotatable bonds is 2. The molecule has 16 heavy (non-hydrogen) atoms. The van der Waals surface area contributed by atoms with E-state index in [9.17, 15) is 13.6 Å². The molecule has 0 amide bonds. The number of aromatic nitrogens is 1. The van der Waals surface area contributed by atoms with Crippen LogP contribution in [0.3, 0.4) is 0 Å². The Labute approximate surface area is 98.0 Å². The highest BCUT2D eigenvalue weighted by molar-refractivity contribution is 9.10. The number of carbonyl (C=O) groups excluding carboxylic acids is 1. The average molecular weight is 291 g/mol. The SMILES string of the molecule is COC(=O)c1cc(C(F)F)nc(Br)c1C#N. The number of methoxy groups -OCH3 is 1. The predicted octanol–water partition coefficient (Wildman–Crippen LogP) is 2.44. The molecule has 0 saturated heterocycles. The largest absolute Gasteiger partial charge is 0.465 e. The van der Waals surface area contributed by atoms with Crippen molar-refractivity contribution in [2.75, 3.05) is 7.11 Å². The van der Waals surface area contributed by atoms with Crippen LogP contribution in [0.4, 0.5) is 8.78 Å². The number of esters is 1. The fourth-order valence-corrected chi connectivity index (χ4v) is 1.53. The molecule has 1 rings (SSSR count). The summed E-state index contributed by atoms with van der Waals surface area (Å²) in [6.45, 7) is 0. The number of hydrogen-bond acceptors (Lipinski definition) is 4. The zero-order valence-corrected chi connectivity index (χ0v) is 9.59. The molecule has 84 valence electrons. The van der Waals surface area contributed by atoms with Gasteiger partial charge in [0.2, 0.25) is 0 Å². The van der Waals surface area contributed by atoms with E-state index < -0.39 is 18.1 Å². The molecule has 0 aromatic carbocycles. The molecule has 0 unspecified atom stereocenters. The van der Waals surface area contributed by atoms with E-state index in [4.69, 9.17) is 5.26 Å². The van der Waals surface area contributed by atoms with Gasteiger partial charge in [0.15, 0.2) is 0 Å². The van der Waals surface area contributed by atoms with Gasteiger partial charge in [0.25, 0.3) is 6.43 Å². The molecule has 0 N–H and O–H groups in total. The minimum absolute atomic E-state index is 0.104. The smallest absolute Gasteiger partial charge is 0.339 e. The molecule has 7 heteroatoms. The molecule has 4 nitrogen and oxygen atoms in total. The van der Waals surface area contributed by atoms with Crippen molar-refractivity contribution in [3.05, 3.63) is 27.5 Å². The molecule has 0 aliphatic heterocycles. The van der Waals surface area contributed by atoms with Crippen LogP contribution in [-0.2, 0) is 4.74 Å². The van der Waals surface area contributed by atoms with Gasteiger partial charge in [0, 0.05) is 0 Å². The molecule has 1 aromatic rings. The minimum Gasteiger partial charge on any atom is -0.465 e. The first kappa shape index (κ1) is 12.5. The Hall–Kier alpha value is -1.55. The van der Waals surface area contributed by atoms with Crippen LogP contribution in [-0.4, -0.2) is 18.1 Å². The van der Waals surface area contributed by atoms with Gasteiger partial charge in [-0.2, -0.15) is 5.26 Å². The zero-order chi connectivity index (χ0) is 12.3. The maximum Gasteiger partial charge on any atom is 0.339 e. The van der Waals surface area contributed by atoms with Crippen molar-refractivity contribution in [2.24, 2.45) is 0 Å². The summed E-state index contributed by atoms with van der Waals surface area (Å²) < 4.78 is 29.1. The maximum absolute atomic E-state index is 12.4. The number of ether oxygens (including phenoxy) is 1. The Kier molecular flexibility index (Phi) is 3.90. The van der Waals surface area contributed by atoms with Crippen molar-refractivity contribution in [3.8, 4) is 6.07 Å². The summed E-state index contributed by atoms with van der Waals surface area (Å²) in [4.78, 5) is 14.7. The van der Waals surface area contributed by atoms with Gasteiger partial charge < -0.3 is 4.74 Å². The van der Waals surface area contributed by atoms with E-state index in [2.05, 4.69) is 25.7 Å². The molecule has 0 aliphatic rings. The summed E-state index contributed by atoms with van der Waals surface area (Å²) in [5, 5.41) is 8.76. The van der Waals surface area contributed by atoms with Crippen molar-refractivity contribution in [1.82, 2.24) is 4.98 Å². The number of halogens is 3. The molecule has 1 heterocycles. The fourth-order valence-electron chi connectivity index (χ4n) is 1.02. The molecule has 0 radical (unpaired) electrons. The monoisotopic (exact) mass is 290 g/mol. The maximum atomic E-state index is 12.4. The molecule has 0 aliphatic carbocycles. The van der Waals surface area contributed by atoms with E-state index >= 15 is 0 Å². The highest BCUT2D eigenvalue weighted by atomic mass is 79.9. The Morgan fingerprint density at radius 3 is 2.75 bits per heavy atom. The van der Waals surface area contributed by atoms with E-state index in [0.717, 1.165) is 13.2 Å². The Bertz CT molecular complexity index is 471. The highest BCUT2D eigenvalue weighted by Gasteiger charge is 2.20. The molecular formula is C9H5BrF2N2O2. The van der Waals surface area contributed by atoms with Gasteiger partial charge in [-0.1, -0.05) is 0 Å². The van der Waals surface area contributed by atoms with E-state index in [1.165, 1.54) is 0 Å². The van der Waals surface area contributed by atoms with Crippen molar-refractivity contribution >= 4 is 21.9 Å². The van der Waals surface area contributed by atoms with E-state index in [0.29, 0.717) is 0 Å². The van der Waals surface area contributed by atoms with Gasteiger partial charge in [-0.25, -0.2) is 18.6 Å². The van der Waals surface area contributed by atoms with Crippen LogP contribution >= 0.6 is 15.9 Å². The summed E-state index contributed by atoms with van der Waals surface area (Å²) in [5.74, 6) is -0.860. The summed E-state index contributed by atoms with van der Waals surface area (Å²) in [6, 6.07) is 2.54. The van der Waals surface area contributed by atoms with Gasteiger partial charge >= 0.3 is 5.97 Å². The zero-order valence-electron chi connectivity index (χ0n) is 8.00. The number of pyridine rings is 1. The lowest BCUT2D eigenvalue weighted by Crippen LogP contribution is -2.08. The number of nitriles is 1. The van der Waals surface area contributed by atoms with Gasteiger partial charge in [0.1, 0.15) is 16.4 Å². The summed E-state index contributed by atoms with van der Waals surface area (Å²) in [6.07, 6.45) is -2.83. The summed E-state index contributed by atoms with van der Waals surface area (Å²) in [7, 11) is 1.10. The van der Waals surface area contributed by atoms with E-state index in [1.54, 1.807) is 6.07 Å². The molecule has 0 bridgehead atoms. The first-order valence-corrected chi connectivity index (χ1v) is 4.77. The number of hydrogen-bond donors (Lipinski definition) is 0. The van der Waals surface area contributed by atoms with Gasteiger partial charge in [0.05, 0.1) is 18.2 Å². The van der Waals surface area contributed by atoms with Crippen LogP contribution in [0, 0.1) is 11.3 Å². The lowest BCUT2D eigenvalue weighted by molar-refractivity contribution is 0.0599. The highest BCUT2D eigenvalue weighted by Crippen LogP contribution is 2.25. The van der Waals surface area contributed by atoms with Crippen molar-refractivity contribution < 1.29 is 18.3 Å². The number of alkyl halides is 2. The normalized spacial score (nSPS) is 10.0. The third-order valence-electron chi connectivity index (χ3n) is 1.74. The summed E-state index contributed by atoms with van der Waals surface area (Å²) in [5.41, 5.74) is -0.954. The Balaban J connectivity index is 3.44. The average Bonchev–Trinajstić information content (AvgIpc) is 2.26. The van der Waals surface area contributed by atoms with Gasteiger partial charge in [-0.15, -0.1) is 0 Å². The number of carbonyl (C=O) groups is 1. The van der Waals surface area contributed by atoms with Crippen molar-refractivity contribution in [3.63, 3.8) is 0 Å². The minimum atomic E-state index is -2.83. The molecule has 1 aromatic heterocycles. The first-order valence-electron chi connectivity index (χ1n) is 3.98. The van der Waals surface area contributed by atoms with Crippen LogP contribution < -0.4 is 0 Å². The van der Waals surface area contributed by atoms with Crippen LogP contribution in [0.2, 0.25) is 0 Å². The van der Waals surface area contributed by atoms with Crippen LogP contribution in [0.25, 0.3) is 0 Å². The van der Waals surface area contributed by atoms with Crippen molar-refractivity contribution in [2.45, 2.75) is 6.43 Å². The second-order valence-electron chi connectivity index (χ2n) is 2.66. The molecule has 0 fully saturated rings. The van der Waals surface area contributed by atoms with Crippen LogP contribution in [0.15, 0.2) is 10.7 Å². The lowest BCUT2D eigenvalue weighted by Gasteiger charge is -2.06. The van der Waals surface area contributed by atoms with E-state index in [-0.39, 0.29) is 15.7 Å². The van der Waals surface area contributed by atoms with Gasteiger partial charge in [-0.05, 0) is 22.0 Å². The molecule has 0 spiro atoms. The van der Waals surface area contributed by atoms with E-state index in [1.807, 2.05) is 0 Å². The lowest BCUT2D eigenvalue weighted by atomic mass is 10.1. The Morgan fingerprint density at radius 2 is 2.31 bits per heavy atom. The second kappa shape index (κ2) is 4.99. The second-order valence-corrected chi connectivity index (χ2v) is 3.42. The first-order chi connectivity index (χ1) is 7.51. The third kappa shape index (κ3) is 2.33. The molecule has 0 saturated carbocycles. The van der Waals surface area contributed by atoms with Crippen LogP contribution in [0.5, 0.6) is 0 Å². The van der Waals surface area contributed by atoms with Gasteiger partial charge in [-0.3, -0.25) is 0 Å². The quantitative estimate of drug-likeness (QED) is 0.620. The van der Waals surface area contributed by atoms with Crippen molar-refractivity contribution in [1.29, 1.82) is 5.26 Å². The van der Waals surface area contributed by atoms with Crippen LogP contribution in [0.1, 0.15) is 28.0 Å². The number of nitrogens with zero attached hydrogens (tertiary/aromatic N) is 2. The molecule has 0 atom stereocenters. The Morgan fingerprint density at radius 1 is 1.69 bits per heavy atom. The standard InChI is InChI=1S/C9H5BrF2N2O2/c1-16-9(15)4-2-6(8(11)12)14-7(10)5(4)3-13/h2,8H,1H3. The summed E-state index contributed by atoms with van der Waals surface area (Å²) >= 11 is 2.85.